The second-order valence-electron chi connectivity index (χ2n) is 13.0. The van der Waals surface area contributed by atoms with E-state index in [1.807, 2.05) is 12.2 Å². The van der Waals surface area contributed by atoms with Crippen molar-refractivity contribution in [1.82, 2.24) is 4.57 Å². The number of fused-ring (bicyclic) bond motifs is 2. The fraction of sp³-hybridized carbons (Fsp3) is 0.191. The molecule has 2 N–H and O–H groups in total. The molecule has 0 spiro atoms. The molecule has 2 heterocycles. The second-order valence-corrected chi connectivity index (χ2v) is 13.0. The van der Waals surface area contributed by atoms with Crippen molar-refractivity contribution in [3.8, 4) is 16.8 Å². The summed E-state index contributed by atoms with van der Waals surface area (Å²) in [6, 6.07) is 24.2. The van der Waals surface area contributed by atoms with Crippen molar-refractivity contribution >= 4 is 34.8 Å². The first-order valence-corrected chi connectivity index (χ1v) is 17.9. The first-order valence-electron chi connectivity index (χ1n) is 17.9. The van der Waals surface area contributed by atoms with Gasteiger partial charge < -0.3 is 15.2 Å². The van der Waals surface area contributed by atoms with Gasteiger partial charge >= 0.3 is 0 Å². The van der Waals surface area contributed by atoms with Crippen LogP contribution in [0.3, 0.4) is 0 Å². The largest absolute Gasteiger partial charge is 0.399 e. The number of nitrogens with two attached hydrogens (primary N) is 1. The monoisotopic (exact) mass is 655 g/mol. The van der Waals surface area contributed by atoms with Gasteiger partial charge in [-0.3, -0.25) is 0 Å². The molecule has 252 valence electrons. The zero-order chi connectivity index (χ0) is 35.0. The van der Waals surface area contributed by atoms with E-state index in [1.165, 1.54) is 33.6 Å². The minimum absolute atomic E-state index is 0.275. The van der Waals surface area contributed by atoms with Crippen LogP contribution >= 0.6 is 0 Å². The van der Waals surface area contributed by atoms with Crippen LogP contribution < -0.4 is 21.2 Å². The van der Waals surface area contributed by atoms with E-state index in [4.69, 9.17) is 5.73 Å². The molecule has 50 heavy (non-hydrogen) atoms. The van der Waals surface area contributed by atoms with Crippen LogP contribution in [0.15, 0.2) is 158 Å². The van der Waals surface area contributed by atoms with E-state index in [0.29, 0.717) is 0 Å². The Hall–Kier alpha value is -5.54. The van der Waals surface area contributed by atoms with Crippen LogP contribution in [0.1, 0.15) is 51.5 Å². The molecule has 3 aromatic carbocycles. The lowest BCUT2D eigenvalue weighted by Gasteiger charge is -2.25. The number of nitrogens with zero attached hydrogens (tertiary/aromatic N) is 2. The van der Waals surface area contributed by atoms with Crippen LogP contribution in [0.4, 0.5) is 5.69 Å². The highest BCUT2D eigenvalue weighted by atomic mass is 15.2. The molecule has 3 nitrogen and oxygen atoms in total. The summed E-state index contributed by atoms with van der Waals surface area (Å²) in [5.41, 5.74) is 18.2. The molecule has 1 aliphatic carbocycles. The van der Waals surface area contributed by atoms with Gasteiger partial charge in [-0.05, 0) is 104 Å². The average molecular weight is 656 g/mol. The zero-order valence-electron chi connectivity index (χ0n) is 29.6. The first-order chi connectivity index (χ1) is 24.5. The third-order valence-electron chi connectivity index (χ3n) is 9.82. The maximum absolute atomic E-state index is 6.49. The van der Waals surface area contributed by atoms with E-state index in [9.17, 15) is 0 Å². The number of hydrogen-bond donors (Lipinski definition) is 1. The standard InChI is InChI=1S/C47H49N3/c1-6-10-13-21-39-33-49(40(9-4)30-35(8-3)24-28-44(48)36-19-14-11-15-20-36)46-29-26-37(31-43(39)46)38-25-27-42-34(5)45(18-7-2)50(47(42)32-38)41-22-16-12-17-23-41/h7-10,12-14,16-23,25-29,31-32,35H,2-3,5-6,11,15,24,30,33,48H2,1,4H3/b13-10-,39-21+,40-9+,44-28-,45-18+. The van der Waals surface area contributed by atoms with E-state index in [1.54, 1.807) is 0 Å². The molecular weight excluding hydrogens is 607 g/mol. The molecule has 0 saturated heterocycles. The fourth-order valence-corrected chi connectivity index (χ4v) is 7.10. The Morgan fingerprint density at radius 3 is 2.50 bits per heavy atom. The van der Waals surface area contributed by atoms with E-state index >= 15 is 0 Å². The van der Waals surface area contributed by atoms with Crippen LogP contribution in [-0.2, 0) is 0 Å². The smallest absolute Gasteiger partial charge is 0.0547 e. The lowest BCUT2D eigenvalue weighted by atomic mass is 9.96. The summed E-state index contributed by atoms with van der Waals surface area (Å²) in [6.45, 7) is 17.8. The Morgan fingerprint density at radius 1 is 0.980 bits per heavy atom. The summed E-state index contributed by atoms with van der Waals surface area (Å²) in [5, 5.41) is 3.20. The number of para-hydroxylation sites is 1. The van der Waals surface area contributed by atoms with E-state index in [-0.39, 0.29) is 5.92 Å². The van der Waals surface area contributed by atoms with E-state index in [2.05, 4.69) is 164 Å². The number of hydrogen-bond acceptors (Lipinski definition) is 2. The Balaban J connectivity index is 1.36. The Labute approximate surface area is 298 Å². The van der Waals surface area contributed by atoms with Gasteiger partial charge in [-0.2, -0.15) is 0 Å². The molecule has 3 heteroatoms. The number of rotatable bonds is 12. The molecule has 4 aromatic rings. The van der Waals surface area contributed by atoms with Crippen molar-refractivity contribution in [2.45, 2.75) is 46.0 Å². The molecule has 0 saturated carbocycles. The summed E-state index contributed by atoms with van der Waals surface area (Å²) >= 11 is 0. The summed E-state index contributed by atoms with van der Waals surface area (Å²) in [5.74, 6) is 0.275. The predicted octanol–water partition coefficient (Wildman–Crippen LogP) is 10.4. The highest BCUT2D eigenvalue weighted by Gasteiger charge is 2.27. The van der Waals surface area contributed by atoms with Crippen LogP contribution in [-0.4, -0.2) is 11.1 Å². The summed E-state index contributed by atoms with van der Waals surface area (Å²) < 4.78 is 2.29. The molecule has 1 aliphatic heterocycles. The van der Waals surface area contributed by atoms with Gasteiger partial charge in [-0.15, -0.1) is 6.58 Å². The van der Waals surface area contributed by atoms with Gasteiger partial charge in [-0.1, -0.05) is 117 Å². The molecule has 0 bridgehead atoms. The van der Waals surface area contributed by atoms with Gasteiger partial charge in [0.25, 0.3) is 0 Å². The van der Waals surface area contributed by atoms with Gasteiger partial charge in [-0.25, -0.2) is 0 Å². The van der Waals surface area contributed by atoms with Crippen molar-refractivity contribution in [3.63, 3.8) is 0 Å². The number of benzene rings is 3. The van der Waals surface area contributed by atoms with Crippen molar-refractivity contribution in [2.24, 2.45) is 11.7 Å². The van der Waals surface area contributed by atoms with Crippen LogP contribution in [0.5, 0.6) is 0 Å². The molecule has 1 atom stereocenters. The zero-order valence-corrected chi connectivity index (χ0v) is 29.6. The number of anilines is 1. The summed E-state index contributed by atoms with van der Waals surface area (Å²) in [7, 11) is 0. The predicted molar refractivity (Wildman–Crippen MR) is 218 cm³/mol. The molecule has 2 aliphatic rings. The minimum atomic E-state index is 0.275. The Kier molecular flexibility index (Phi) is 10.8. The fourth-order valence-electron chi connectivity index (χ4n) is 7.10. The molecule has 0 amide bonds. The highest BCUT2D eigenvalue weighted by molar-refractivity contribution is 5.92. The molecule has 1 unspecified atom stereocenters. The van der Waals surface area contributed by atoms with Crippen LogP contribution in [0.2, 0.25) is 0 Å². The van der Waals surface area contributed by atoms with Gasteiger partial charge in [0, 0.05) is 45.5 Å². The SMILES string of the molecule is C=C/C=c1\c(=C)c2ccc(-c3ccc4c(c3)/C(=C/C=C\CC)CN4/C(=C/C)CC(C=C)C/C=C(\N)C3=CCCC=C3)cc2n1-c1ccccc1. The quantitative estimate of drug-likeness (QED) is 0.154. The Morgan fingerprint density at radius 2 is 1.78 bits per heavy atom. The van der Waals surface area contributed by atoms with E-state index < -0.39 is 0 Å². The van der Waals surface area contributed by atoms with E-state index in [0.717, 1.165) is 77.1 Å². The van der Waals surface area contributed by atoms with Crippen molar-refractivity contribution < 1.29 is 0 Å². The van der Waals surface area contributed by atoms with Crippen molar-refractivity contribution in [3.05, 3.63) is 174 Å². The maximum atomic E-state index is 6.49. The number of allylic oxidation sites excluding steroid dienone is 11. The number of aromatic nitrogens is 1. The molecule has 6 rings (SSSR count). The minimum Gasteiger partial charge on any atom is -0.399 e. The molecule has 0 fully saturated rings. The van der Waals surface area contributed by atoms with Crippen LogP contribution in [0.25, 0.3) is 45.9 Å². The van der Waals surface area contributed by atoms with Crippen molar-refractivity contribution in [1.29, 1.82) is 0 Å². The van der Waals surface area contributed by atoms with Crippen molar-refractivity contribution in [2.75, 3.05) is 11.4 Å². The van der Waals surface area contributed by atoms with Gasteiger partial charge in [0.1, 0.15) is 0 Å². The normalized spacial score (nSPS) is 16.8. The van der Waals surface area contributed by atoms with Gasteiger partial charge in [0.15, 0.2) is 0 Å². The lowest BCUT2D eigenvalue weighted by molar-refractivity contribution is 0.640. The third-order valence-corrected chi connectivity index (χ3v) is 9.82. The van der Waals surface area contributed by atoms with Gasteiger partial charge in [0.05, 0.1) is 10.9 Å². The summed E-state index contributed by atoms with van der Waals surface area (Å²) in [4.78, 5) is 2.48. The highest BCUT2D eigenvalue weighted by Crippen LogP contribution is 2.42. The van der Waals surface area contributed by atoms with Crippen LogP contribution in [0, 0.1) is 5.92 Å². The Bertz CT molecular complexity index is 2200. The summed E-state index contributed by atoms with van der Waals surface area (Å²) in [6.07, 6.45) is 28.6. The first kappa shape index (κ1) is 34.3. The lowest BCUT2D eigenvalue weighted by Crippen LogP contribution is -2.26. The average Bonchev–Trinajstić information content (AvgIpc) is 3.66. The topological polar surface area (TPSA) is 34.2 Å². The third kappa shape index (κ3) is 7.09. The maximum Gasteiger partial charge on any atom is 0.0547 e. The second kappa shape index (κ2) is 15.8. The molecule has 0 radical (unpaired) electrons. The molecule has 1 aromatic heterocycles. The molecular formula is C47H49N3. The van der Waals surface area contributed by atoms with Gasteiger partial charge in [0.2, 0.25) is 0 Å².